The summed E-state index contributed by atoms with van der Waals surface area (Å²) in [6.07, 6.45) is -0.0942. The van der Waals surface area contributed by atoms with E-state index in [2.05, 4.69) is 4.74 Å². The fourth-order valence-corrected chi connectivity index (χ4v) is 2.13. The summed E-state index contributed by atoms with van der Waals surface area (Å²) < 4.78 is 14.4. The number of carbonyl (C=O) groups is 3. The van der Waals surface area contributed by atoms with Crippen LogP contribution in [0.3, 0.4) is 0 Å². The second-order valence-corrected chi connectivity index (χ2v) is 5.92. The van der Waals surface area contributed by atoms with Crippen molar-refractivity contribution in [3.63, 3.8) is 0 Å². The summed E-state index contributed by atoms with van der Waals surface area (Å²) in [6.45, 7) is 4.41. The molecule has 23 heavy (non-hydrogen) atoms. The Labute approximate surface area is 143 Å². The summed E-state index contributed by atoms with van der Waals surface area (Å²) in [5.74, 6) is -1.49. The van der Waals surface area contributed by atoms with Crippen molar-refractivity contribution in [3.05, 3.63) is 12.4 Å². The van der Waals surface area contributed by atoms with Crippen molar-refractivity contribution in [2.24, 2.45) is 5.92 Å². The summed E-state index contributed by atoms with van der Waals surface area (Å²) in [7, 11) is 1.20. The van der Waals surface area contributed by atoms with Crippen LogP contribution in [0.2, 0.25) is 0 Å². The molecule has 0 spiro atoms. The van der Waals surface area contributed by atoms with Crippen LogP contribution in [0.15, 0.2) is 12.4 Å². The zero-order chi connectivity index (χ0) is 17.7. The van der Waals surface area contributed by atoms with Crippen LogP contribution in [0.1, 0.15) is 20.8 Å². The van der Waals surface area contributed by atoms with Crippen LogP contribution in [-0.2, 0) is 19.0 Å². The molecular formula is C13H18Cl2N2O6. The van der Waals surface area contributed by atoms with Gasteiger partial charge >= 0.3 is 18.2 Å². The average Bonchev–Trinajstić information content (AvgIpc) is 2.88. The van der Waals surface area contributed by atoms with Crippen LogP contribution in [0.5, 0.6) is 0 Å². The van der Waals surface area contributed by atoms with E-state index in [0.717, 1.165) is 9.80 Å². The molecule has 0 aliphatic carbocycles. The minimum Gasteiger partial charge on any atom is -0.469 e. The molecule has 0 saturated heterocycles. The van der Waals surface area contributed by atoms with Crippen LogP contribution in [0, 0.1) is 5.92 Å². The van der Waals surface area contributed by atoms with Gasteiger partial charge in [0.05, 0.1) is 13.0 Å². The molecule has 0 fully saturated rings. The lowest BCUT2D eigenvalue weighted by atomic mass is 10.1. The van der Waals surface area contributed by atoms with E-state index in [1.54, 1.807) is 0 Å². The second-order valence-electron chi connectivity index (χ2n) is 4.69. The lowest BCUT2D eigenvalue weighted by molar-refractivity contribution is -0.148. The number of hydrogen-bond donors (Lipinski definition) is 0. The van der Waals surface area contributed by atoms with E-state index >= 15 is 0 Å². The van der Waals surface area contributed by atoms with Crippen molar-refractivity contribution in [3.8, 4) is 0 Å². The first-order valence-corrected chi connectivity index (χ1v) is 7.58. The van der Waals surface area contributed by atoms with Gasteiger partial charge in [0.25, 0.3) is 0 Å². The van der Waals surface area contributed by atoms with Gasteiger partial charge in [0.15, 0.2) is 11.1 Å². The molecular weight excluding hydrogens is 351 g/mol. The van der Waals surface area contributed by atoms with Gasteiger partial charge < -0.3 is 14.2 Å². The first kappa shape index (κ1) is 19.4. The Bertz CT molecular complexity index is 465. The third-order valence-corrected chi connectivity index (χ3v) is 3.10. The number of alkyl halides is 2. The van der Waals surface area contributed by atoms with E-state index in [-0.39, 0.29) is 0 Å². The van der Waals surface area contributed by atoms with Gasteiger partial charge in [-0.15, -0.1) is 0 Å². The summed E-state index contributed by atoms with van der Waals surface area (Å²) in [4.78, 5) is 38.1. The molecule has 1 heterocycles. The van der Waals surface area contributed by atoms with Gasteiger partial charge in [-0.25, -0.2) is 9.59 Å². The number of nitrogens with zero attached hydrogens (tertiary/aromatic N) is 2. The number of methoxy groups -OCH3 is 1. The smallest absolute Gasteiger partial charge is 0.417 e. The van der Waals surface area contributed by atoms with E-state index < -0.39 is 41.4 Å². The molecule has 130 valence electrons. The molecule has 10 heteroatoms. The maximum Gasteiger partial charge on any atom is 0.417 e. The van der Waals surface area contributed by atoms with Crippen LogP contribution < -0.4 is 0 Å². The van der Waals surface area contributed by atoms with Crippen molar-refractivity contribution in [2.45, 2.75) is 38.1 Å². The largest absolute Gasteiger partial charge is 0.469 e. The molecule has 1 rings (SSSR count). The molecule has 0 aromatic heterocycles. The van der Waals surface area contributed by atoms with E-state index in [0.29, 0.717) is 0 Å². The highest BCUT2D eigenvalue weighted by molar-refractivity contribution is 6.20. The van der Waals surface area contributed by atoms with Crippen LogP contribution in [0.25, 0.3) is 0 Å². The van der Waals surface area contributed by atoms with Crippen LogP contribution in [-0.4, -0.2) is 52.4 Å². The second kappa shape index (κ2) is 8.26. The highest BCUT2D eigenvalue weighted by Gasteiger charge is 2.43. The van der Waals surface area contributed by atoms with Gasteiger partial charge in [0, 0.05) is 12.4 Å². The van der Waals surface area contributed by atoms with Gasteiger partial charge in [-0.05, 0) is 20.8 Å². The highest BCUT2D eigenvalue weighted by Crippen LogP contribution is 2.26. The third-order valence-electron chi connectivity index (χ3n) is 2.93. The monoisotopic (exact) mass is 368 g/mol. The lowest BCUT2D eigenvalue weighted by Gasteiger charge is -2.32. The van der Waals surface area contributed by atoms with E-state index in [1.165, 1.54) is 40.3 Å². The summed E-state index contributed by atoms with van der Waals surface area (Å²) in [6, 6.07) is 0. The number of rotatable bonds is 4. The van der Waals surface area contributed by atoms with E-state index in [1.807, 2.05) is 0 Å². The van der Waals surface area contributed by atoms with Gasteiger partial charge in [-0.2, -0.15) is 0 Å². The molecule has 3 atom stereocenters. The van der Waals surface area contributed by atoms with E-state index in [9.17, 15) is 14.4 Å². The fraction of sp³-hybridized carbons (Fsp3) is 0.615. The minimum atomic E-state index is -1.02. The zero-order valence-electron chi connectivity index (χ0n) is 13.1. The molecule has 0 saturated carbocycles. The van der Waals surface area contributed by atoms with E-state index in [4.69, 9.17) is 32.7 Å². The summed E-state index contributed by atoms with van der Waals surface area (Å²) in [5, 5.41) is 0. The maximum absolute atomic E-state index is 12.1. The van der Waals surface area contributed by atoms with Gasteiger partial charge in [-0.3, -0.25) is 14.6 Å². The standard InChI is InChI=1S/C13H18Cl2N2O6/c1-7(11(18)21-4)10-16(12(19)22-8(2)14)5-6-17(10)13(20)23-9(3)15/h5-10H,1-4H3. The number of ether oxygens (including phenoxy) is 3. The first-order valence-electron chi connectivity index (χ1n) is 6.71. The number of halogens is 2. The predicted molar refractivity (Wildman–Crippen MR) is 81.4 cm³/mol. The summed E-state index contributed by atoms with van der Waals surface area (Å²) in [5.41, 5.74) is -1.76. The van der Waals surface area contributed by atoms with Crippen molar-refractivity contribution < 1.29 is 28.6 Å². The van der Waals surface area contributed by atoms with Crippen molar-refractivity contribution >= 4 is 41.4 Å². The Morgan fingerprint density at radius 3 is 1.65 bits per heavy atom. The molecule has 3 unspecified atom stereocenters. The number of carbonyl (C=O) groups excluding carboxylic acids is 3. The molecule has 2 amide bonds. The van der Waals surface area contributed by atoms with Gasteiger partial charge in [-0.1, -0.05) is 23.2 Å². The number of amides is 2. The number of hydrogen-bond acceptors (Lipinski definition) is 6. The molecule has 0 bridgehead atoms. The topological polar surface area (TPSA) is 85.4 Å². The lowest BCUT2D eigenvalue weighted by Crippen LogP contribution is -2.51. The fourth-order valence-electron chi connectivity index (χ4n) is 1.98. The van der Waals surface area contributed by atoms with Crippen molar-refractivity contribution in [1.82, 2.24) is 9.80 Å². The Kier molecular flexibility index (Phi) is 6.96. The molecule has 1 aliphatic rings. The molecule has 0 aromatic carbocycles. The maximum atomic E-state index is 12.1. The van der Waals surface area contributed by atoms with Crippen molar-refractivity contribution in [1.29, 1.82) is 0 Å². The summed E-state index contributed by atoms with van der Waals surface area (Å²) >= 11 is 11.3. The van der Waals surface area contributed by atoms with Gasteiger partial charge in [0.2, 0.25) is 0 Å². The average molecular weight is 369 g/mol. The Balaban J connectivity index is 3.03. The predicted octanol–water partition coefficient (Wildman–Crippen LogP) is 2.65. The van der Waals surface area contributed by atoms with Crippen molar-refractivity contribution in [2.75, 3.05) is 7.11 Å². The Morgan fingerprint density at radius 1 is 0.957 bits per heavy atom. The molecule has 0 N–H and O–H groups in total. The molecule has 1 aliphatic heterocycles. The van der Waals surface area contributed by atoms with Crippen LogP contribution in [0.4, 0.5) is 9.59 Å². The Hall–Kier alpha value is -1.67. The third kappa shape index (κ3) is 4.90. The normalized spacial score (nSPS) is 20.7. The quantitative estimate of drug-likeness (QED) is 0.430. The molecule has 8 nitrogen and oxygen atoms in total. The Morgan fingerprint density at radius 2 is 1.35 bits per heavy atom. The SMILES string of the molecule is COC(=O)C(C)C1N(C(=O)OC(C)Cl)C=CN1C(=O)OC(C)Cl. The highest BCUT2D eigenvalue weighted by atomic mass is 35.5. The number of esters is 1. The molecule has 0 radical (unpaired) electrons. The van der Waals surface area contributed by atoms with Gasteiger partial charge in [0.1, 0.15) is 6.17 Å². The zero-order valence-corrected chi connectivity index (χ0v) is 14.6. The molecule has 0 aromatic rings. The van der Waals surface area contributed by atoms with Crippen LogP contribution >= 0.6 is 23.2 Å². The first-order chi connectivity index (χ1) is 10.7. The minimum absolute atomic E-state index is 0.618.